The van der Waals surface area contributed by atoms with Crippen molar-refractivity contribution >= 4 is 51.5 Å². The van der Waals surface area contributed by atoms with Gasteiger partial charge in [0, 0.05) is 25.9 Å². The summed E-state index contributed by atoms with van der Waals surface area (Å²) in [5.74, 6) is -1.09. The summed E-state index contributed by atoms with van der Waals surface area (Å²) in [5, 5.41) is 16.8. The van der Waals surface area contributed by atoms with Crippen LogP contribution in [-0.2, 0) is 11.8 Å². The van der Waals surface area contributed by atoms with Crippen LogP contribution in [0.1, 0.15) is 41.3 Å². The predicted molar refractivity (Wildman–Crippen MR) is 105 cm³/mol. The Morgan fingerprint density at radius 2 is 2.00 bits per heavy atom. The molecule has 3 aromatic rings. The fourth-order valence-electron chi connectivity index (χ4n) is 2.86. The van der Waals surface area contributed by atoms with Gasteiger partial charge in [-0.2, -0.15) is 5.10 Å². The van der Waals surface area contributed by atoms with Crippen molar-refractivity contribution in [3.63, 3.8) is 0 Å². The molecule has 0 bridgehead atoms. The molecule has 0 radical (unpaired) electrons. The van der Waals surface area contributed by atoms with E-state index in [1.165, 1.54) is 24.3 Å². The fraction of sp³-hybridized carbons (Fsp3) is 0.278. The molecule has 1 N–H and O–H groups in total. The van der Waals surface area contributed by atoms with Crippen LogP contribution in [0.3, 0.4) is 0 Å². The molecule has 0 spiro atoms. The highest BCUT2D eigenvalue weighted by molar-refractivity contribution is 7.14. The van der Waals surface area contributed by atoms with Crippen LogP contribution in [0.5, 0.6) is 0 Å². The zero-order valence-corrected chi connectivity index (χ0v) is 16.2. The quantitative estimate of drug-likeness (QED) is 0.724. The Kier molecular flexibility index (Phi) is 5.04. The first-order valence-corrected chi connectivity index (χ1v) is 9.19. The Hall–Kier alpha value is -3.07. The van der Waals surface area contributed by atoms with Crippen LogP contribution < -0.4 is 4.90 Å². The molecular formula is C18H19N5O3S. The number of carboxylic acid groups (broad SMARTS) is 1. The molecule has 0 aliphatic carbocycles. The minimum Gasteiger partial charge on any atom is -0.478 e. The van der Waals surface area contributed by atoms with E-state index < -0.39 is 5.97 Å². The van der Waals surface area contributed by atoms with Gasteiger partial charge in [-0.25, -0.2) is 14.8 Å². The molecular weight excluding hydrogens is 366 g/mol. The summed E-state index contributed by atoms with van der Waals surface area (Å²) < 4.78 is 1.57. The lowest BCUT2D eigenvalue weighted by Gasteiger charge is -2.14. The summed E-state index contributed by atoms with van der Waals surface area (Å²) in [6.07, 6.45) is 3.45. The number of hydrogen-bond donors (Lipinski definition) is 1. The van der Waals surface area contributed by atoms with Crippen molar-refractivity contribution in [2.45, 2.75) is 20.8 Å². The Labute approximate surface area is 159 Å². The van der Waals surface area contributed by atoms with Gasteiger partial charge in [0.15, 0.2) is 10.8 Å². The molecule has 0 unspecified atom stereocenters. The molecule has 3 aromatic heterocycles. The van der Waals surface area contributed by atoms with Crippen LogP contribution >= 0.6 is 11.3 Å². The van der Waals surface area contributed by atoms with E-state index in [0.717, 1.165) is 0 Å². The normalized spacial score (nSPS) is 11.4. The zero-order chi connectivity index (χ0) is 19.7. The number of anilines is 1. The molecule has 0 atom stereocenters. The molecule has 0 aromatic carbocycles. The first kappa shape index (κ1) is 18.7. The molecule has 9 heteroatoms. The van der Waals surface area contributed by atoms with E-state index in [4.69, 9.17) is 0 Å². The van der Waals surface area contributed by atoms with E-state index in [1.807, 2.05) is 12.3 Å². The number of carbonyl (C=O) groups is 2. The third-order valence-corrected chi connectivity index (χ3v) is 4.96. The number of aromatic nitrogens is 4. The number of rotatable bonds is 5. The molecule has 1 amide bonds. The average molecular weight is 385 g/mol. The lowest BCUT2D eigenvalue weighted by Crippen LogP contribution is -2.27. The Morgan fingerprint density at radius 3 is 2.63 bits per heavy atom. The second-order valence-electron chi connectivity index (χ2n) is 5.96. The van der Waals surface area contributed by atoms with Gasteiger partial charge in [-0.3, -0.25) is 14.4 Å². The summed E-state index contributed by atoms with van der Waals surface area (Å²) in [4.78, 5) is 33.8. The van der Waals surface area contributed by atoms with Crippen LogP contribution in [0.25, 0.3) is 23.2 Å². The molecule has 27 heavy (non-hydrogen) atoms. The van der Waals surface area contributed by atoms with Crippen molar-refractivity contribution in [2.24, 2.45) is 7.05 Å². The highest BCUT2D eigenvalue weighted by Gasteiger charge is 2.17. The number of fused-ring (bicyclic) bond motifs is 1. The number of carboxylic acids is 1. The van der Waals surface area contributed by atoms with Gasteiger partial charge in [0.25, 0.3) is 0 Å². The van der Waals surface area contributed by atoms with Gasteiger partial charge in [-0.15, -0.1) is 11.3 Å². The van der Waals surface area contributed by atoms with Gasteiger partial charge in [0.1, 0.15) is 0 Å². The Bertz CT molecular complexity index is 1070. The van der Waals surface area contributed by atoms with Crippen LogP contribution in [0.4, 0.5) is 5.13 Å². The van der Waals surface area contributed by atoms with Crippen molar-refractivity contribution in [3.8, 4) is 0 Å². The minimum atomic E-state index is -1.02. The van der Waals surface area contributed by atoms with Crippen molar-refractivity contribution < 1.29 is 14.7 Å². The van der Waals surface area contributed by atoms with Gasteiger partial charge in [0.2, 0.25) is 5.91 Å². The van der Waals surface area contributed by atoms with Gasteiger partial charge >= 0.3 is 5.97 Å². The second kappa shape index (κ2) is 7.28. The number of aromatic carboxylic acids is 1. The highest BCUT2D eigenvalue weighted by atomic mass is 32.1. The highest BCUT2D eigenvalue weighted by Crippen LogP contribution is 2.24. The number of pyridine rings is 1. The van der Waals surface area contributed by atoms with Crippen molar-refractivity contribution in [3.05, 3.63) is 34.1 Å². The lowest BCUT2D eigenvalue weighted by molar-refractivity contribution is -0.116. The molecule has 0 aliphatic rings. The van der Waals surface area contributed by atoms with Crippen molar-refractivity contribution in [1.82, 2.24) is 19.7 Å². The Balaban J connectivity index is 1.97. The standard InChI is InChI=1S/C18H19N5O3S/c1-5-23(11(3)24)18-20-13(9-27-18)7-6-12-8-14(17(25)26)15-10(2)21-22(4)16(15)19-12/h6-9H,5H2,1-4H3,(H,25,26). The number of nitrogens with zero attached hydrogens (tertiary/aromatic N) is 5. The smallest absolute Gasteiger partial charge is 0.336 e. The second-order valence-corrected chi connectivity index (χ2v) is 6.80. The summed E-state index contributed by atoms with van der Waals surface area (Å²) in [7, 11) is 1.73. The minimum absolute atomic E-state index is 0.0628. The van der Waals surface area contributed by atoms with Crippen LogP contribution in [0.15, 0.2) is 11.4 Å². The monoisotopic (exact) mass is 385 g/mol. The molecule has 0 saturated heterocycles. The van der Waals surface area contributed by atoms with Gasteiger partial charge in [0.05, 0.1) is 28.0 Å². The number of hydrogen-bond acceptors (Lipinski definition) is 6. The lowest BCUT2D eigenvalue weighted by atomic mass is 10.1. The van der Waals surface area contributed by atoms with Gasteiger partial charge < -0.3 is 5.11 Å². The van der Waals surface area contributed by atoms with E-state index in [-0.39, 0.29) is 11.5 Å². The van der Waals surface area contributed by atoms with E-state index in [1.54, 1.807) is 35.7 Å². The topological polar surface area (TPSA) is 101 Å². The van der Waals surface area contributed by atoms with Crippen molar-refractivity contribution in [2.75, 3.05) is 11.4 Å². The Morgan fingerprint density at radius 1 is 1.30 bits per heavy atom. The maximum absolute atomic E-state index is 11.6. The molecule has 0 fully saturated rings. The van der Waals surface area contributed by atoms with E-state index >= 15 is 0 Å². The van der Waals surface area contributed by atoms with E-state index in [9.17, 15) is 14.7 Å². The van der Waals surface area contributed by atoms with Crippen LogP contribution in [0, 0.1) is 6.92 Å². The average Bonchev–Trinajstić information content (AvgIpc) is 3.18. The van der Waals surface area contributed by atoms with Crippen LogP contribution in [-0.4, -0.2) is 43.3 Å². The first-order valence-electron chi connectivity index (χ1n) is 8.31. The van der Waals surface area contributed by atoms with E-state index in [0.29, 0.717) is 39.8 Å². The molecule has 8 nitrogen and oxygen atoms in total. The molecule has 0 saturated carbocycles. The molecule has 0 aliphatic heterocycles. The molecule has 3 rings (SSSR count). The summed E-state index contributed by atoms with van der Waals surface area (Å²) >= 11 is 1.38. The zero-order valence-electron chi connectivity index (χ0n) is 15.4. The maximum atomic E-state index is 11.6. The number of thiazole rings is 1. The van der Waals surface area contributed by atoms with Gasteiger partial charge in [-0.05, 0) is 32.1 Å². The summed E-state index contributed by atoms with van der Waals surface area (Å²) in [6, 6.07) is 1.52. The largest absolute Gasteiger partial charge is 0.478 e. The van der Waals surface area contributed by atoms with Crippen molar-refractivity contribution in [1.29, 1.82) is 0 Å². The maximum Gasteiger partial charge on any atom is 0.336 e. The number of amides is 1. The van der Waals surface area contributed by atoms with E-state index in [2.05, 4.69) is 15.1 Å². The number of carbonyl (C=O) groups excluding carboxylic acids is 1. The van der Waals surface area contributed by atoms with Crippen LogP contribution in [0.2, 0.25) is 0 Å². The number of aryl methyl sites for hydroxylation is 2. The fourth-order valence-corrected chi connectivity index (χ4v) is 3.76. The molecule has 140 valence electrons. The molecule has 3 heterocycles. The SMILES string of the molecule is CCN(C(C)=O)c1nc(C=Cc2cc(C(=O)O)c3c(C)nn(C)c3n2)cs1. The first-order chi connectivity index (χ1) is 12.8. The summed E-state index contributed by atoms with van der Waals surface area (Å²) in [5.41, 5.74) is 2.48. The third kappa shape index (κ3) is 3.59. The van der Waals surface area contributed by atoms with Gasteiger partial charge in [-0.1, -0.05) is 0 Å². The summed E-state index contributed by atoms with van der Waals surface area (Å²) in [6.45, 7) is 5.70. The predicted octanol–water partition coefficient (Wildman–Crippen LogP) is 2.97. The third-order valence-electron chi connectivity index (χ3n) is 4.08.